The number of amides is 1. The third kappa shape index (κ3) is 5.94. The third-order valence-corrected chi connectivity index (χ3v) is 2.62. The zero-order chi connectivity index (χ0) is 15.3. The number of hydrogen-bond acceptors (Lipinski definition) is 4. The molecule has 1 aromatic heterocycles. The molecule has 0 bridgehead atoms. The summed E-state index contributed by atoms with van der Waals surface area (Å²) in [5.74, 6) is 0. The van der Waals surface area contributed by atoms with Crippen molar-refractivity contribution in [1.29, 1.82) is 0 Å². The molecular formula is C12H14Cl3N3O2. The number of rotatable bonds is 3. The van der Waals surface area contributed by atoms with Crippen LogP contribution in [0.15, 0.2) is 6.08 Å². The molecule has 1 rings (SSSR count). The summed E-state index contributed by atoms with van der Waals surface area (Å²) in [4.78, 5) is 18.9. The molecule has 0 saturated carbocycles. The molecule has 0 saturated heterocycles. The number of aromatic nitrogens is 2. The SMILES string of the molecule is CC(C)(C)OC(=O)NCC=Cc1c(Cl)nc(Cl)nc1Cl. The van der Waals surface area contributed by atoms with Gasteiger partial charge in [0.15, 0.2) is 0 Å². The van der Waals surface area contributed by atoms with E-state index in [0.717, 1.165) is 0 Å². The van der Waals surface area contributed by atoms with Crippen LogP contribution in [0.2, 0.25) is 15.6 Å². The lowest BCUT2D eigenvalue weighted by Crippen LogP contribution is -2.32. The second kappa shape index (κ2) is 7.11. The van der Waals surface area contributed by atoms with Gasteiger partial charge in [0.05, 0.1) is 0 Å². The van der Waals surface area contributed by atoms with Crippen molar-refractivity contribution in [2.45, 2.75) is 26.4 Å². The van der Waals surface area contributed by atoms with Gasteiger partial charge in [-0.25, -0.2) is 14.8 Å². The molecule has 20 heavy (non-hydrogen) atoms. The number of nitrogens with one attached hydrogen (secondary N) is 1. The van der Waals surface area contributed by atoms with E-state index in [1.165, 1.54) is 0 Å². The fourth-order valence-electron chi connectivity index (χ4n) is 1.16. The van der Waals surface area contributed by atoms with Gasteiger partial charge in [-0.1, -0.05) is 35.4 Å². The number of alkyl carbamates (subject to hydrolysis) is 1. The zero-order valence-corrected chi connectivity index (χ0v) is 13.5. The minimum atomic E-state index is -0.537. The summed E-state index contributed by atoms with van der Waals surface area (Å²) < 4.78 is 5.07. The summed E-state index contributed by atoms with van der Waals surface area (Å²) in [6.07, 6.45) is 2.74. The Morgan fingerprint density at radius 3 is 2.30 bits per heavy atom. The molecule has 0 aliphatic heterocycles. The zero-order valence-electron chi connectivity index (χ0n) is 11.2. The minimum Gasteiger partial charge on any atom is -0.444 e. The average molecular weight is 339 g/mol. The molecule has 0 radical (unpaired) electrons. The van der Waals surface area contributed by atoms with Gasteiger partial charge in [-0.15, -0.1) is 0 Å². The van der Waals surface area contributed by atoms with Gasteiger partial charge in [-0.05, 0) is 32.4 Å². The smallest absolute Gasteiger partial charge is 0.407 e. The van der Waals surface area contributed by atoms with E-state index in [9.17, 15) is 4.79 Å². The molecule has 8 heteroatoms. The van der Waals surface area contributed by atoms with Crippen molar-refractivity contribution in [1.82, 2.24) is 15.3 Å². The van der Waals surface area contributed by atoms with Crippen molar-refractivity contribution >= 4 is 47.0 Å². The van der Waals surface area contributed by atoms with Gasteiger partial charge in [0.25, 0.3) is 0 Å². The fraction of sp³-hybridized carbons (Fsp3) is 0.417. The Morgan fingerprint density at radius 1 is 1.25 bits per heavy atom. The monoisotopic (exact) mass is 337 g/mol. The van der Waals surface area contributed by atoms with Crippen LogP contribution in [0.25, 0.3) is 6.08 Å². The van der Waals surface area contributed by atoms with Gasteiger partial charge >= 0.3 is 6.09 Å². The van der Waals surface area contributed by atoms with E-state index in [0.29, 0.717) is 5.56 Å². The lowest BCUT2D eigenvalue weighted by Gasteiger charge is -2.19. The maximum atomic E-state index is 11.4. The summed E-state index contributed by atoms with van der Waals surface area (Å²) in [6.45, 7) is 5.61. The van der Waals surface area contributed by atoms with Crippen LogP contribution in [0.3, 0.4) is 0 Å². The third-order valence-electron chi connectivity index (χ3n) is 1.87. The summed E-state index contributed by atoms with van der Waals surface area (Å²) in [7, 11) is 0. The molecule has 0 atom stereocenters. The van der Waals surface area contributed by atoms with Crippen LogP contribution in [-0.4, -0.2) is 28.2 Å². The molecule has 0 unspecified atom stereocenters. The maximum absolute atomic E-state index is 11.4. The molecule has 1 amide bonds. The van der Waals surface area contributed by atoms with Gasteiger partial charge in [0.1, 0.15) is 15.9 Å². The predicted octanol–water partition coefficient (Wildman–Crippen LogP) is 3.97. The van der Waals surface area contributed by atoms with Gasteiger partial charge in [-0.3, -0.25) is 0 Å². The van der Waals surface area contributed by atoms with E-state index in [4.69, 9.17) is 39.5 Å². The lowest BCUT2D eigenvalue weighted by molar-refractivity contribution is 0.0534. The number of nitrogens with zero attached hydrogens (tertiary/aromatic N) is 2. The summed E-state index contributed by atoms with van der Waals surface area (Å²) in [5, 5.41) is 2.82. The molecule has 5 nitrogen and oxygen atoms in total. The van der Waals surface area contributed by atoms with E-state index in [1.54, 1.807) is 32.9 Å². The highest BCUT2D eigenvalue weighted by Gasteiger charge is 2.15. The first kappa shape index (κ1) is 17.0. The van der Waals surface area contributed by atoms with Crippen LogP contribution in [0.1, 0.15) is 26.3 Å². The standard InChI is InChI=1S/C12H14Cl3N3O2/c1-12(2,3)20-11(19)16-6-4-5-7-8(13)17-10(15)18-9(7)14/h4-5H,6H2,1-3H3,(H,16,19). The molecule has 0 fully saturated rings. The van der Waals surface area contributed by atoms with Crippen LogP contribution < -0.4 is 5.32 Å². The number of ether oxygens (including phenoxy) is 1. The van der Waals surface area contributed by atoms with E-state index in [-0.39, 0.29) is 22.1 Å². The largest absolute Gasteiger partial charge is 0.444 e. The molecule has 0 aliphatic carbocycles. The first-order valence-corrected chi connectivity index (χ1v) is 6.84. The van der Waals surface area contributed by atoms with Crippen LogP contribution in [0.5, 0.6) is 0 Å². The van der Waals surface area contributed by atoms with Crippen LogP contribution in [0.4, 0.5) is 4.79 Å². The van der Waals surface area contributed by atoms with Crippen molar-refractivity contribution in [3.63, 3.8) is 0 Å². The molecule has 1 aromatic rings. The van der Waals surface area contributed by atoms with E-state index in [2.05, 4.69) is 15.3 Å². The Balaban J connectivity index is 2.56. The molecule has 0 aliphatic rings. The molecule has 1 N–H and O–H groups in total. The van der Waals surface area contributed by atoms with Crippen molar-refractivity contribution in [2.24, 2.45) is 0 Å². The van der Waals surface area contributed by atoms with Gasteiger partial charge in [0, 0.05) is 12.1 Å². The Hall–Kier alpha value is -1.04. The summed E-state index contributed by atoms with van der Waals surface area (Å²) >= 11 is 17.4. The van der Waals surface area contributed by atoms with E-state index in [1.807, 2.05) is 0 Å². The highest BCUT2D eigenvalue weighted by Crippen LogP contribution is 2.23. The van der Waals surface area contributed by atoms with Crippen LogP contribution in [0, 0.1) is 0 Å². The number of carbonyl (C=O) groups excluding carboxylic acids is 1. The van der Waals surface area contributed by atoms with Crippen molar-refractivity contribution in [3.8, 4) is 0 Å². The van der Waals surface area contributed by atoms with Crippen molar-refractivity contribution in [3.05, 3.63) is 27.2 Å². The maximum Gasteiger partial charge on any atom is 0.407 e. The molecule has 1 heterocycles. The average Bonchev–Trinajstić information content (AvgIpc) is 2.23. The van der Waals surface area contributed by atoms with Gasteiger partial charge in [-0.2, -0.15) is 0 Å². The Labute approximate surface area is 132 Å². The second-order valence-electron chi connectivity index (χ2n) is 4.77. The predicted molar refractivity (Wildman–Crippen MR) is 80.3 cm³/mol. The minimum absolute atomic E-state index is 0.0240. The van der Waals surface area contributed by atoms with Gasteiger partial charge < -0.3 is 10.1 Å². The van der Waals surface area contributed by atoms with E-state index >= 15 is 0 Å². The first-order valence-electron chi connectivity index (χ1n) is 5.71. The van der Waals surface area contributed by atoms with Crippen LogP contribution >= 0.6 is 34.8 Å². The normalized spacial score (nSPS) is 11.7. The van der Waals surface area contributed by atoms with E-state index < -0.39 is 11.7 Å². The van der Waals surface area contributed by atoms with Crippen molar-refractivity contribution < 1.29 is 9.53 Å². The highest BCUT2D eigenvalue weighted by molar-refractivity contribution is 6.37. The molecular weight excluding hydrogens is 325 g/mol. The molecule has 0 aromatic carbocycles. The number of hydrogen-bond donors (Lipinski definition) is 1. The Bertz CT molecular complexity index is 504. The number of carbonyl (C=O) groups is 1. The molecule has 0 spiro atoms. The highest BCUT2D eigenvalue weighted by atomic mass is 35.5. The molecule has 110 valence electrons. The first-order chi connectivity index (χ1) is 9.19. The van der Waals surface area contributed by atoms with Crippen LogP contribution in [-0.2, 0) is 4.74 Å². The quantitative estimate of drug-likeness (QED) is 0.669. The topological polar surface area (TPSA) is 64.1 Å². The Morgan fingerprint density at radius 2 is 1.80 bits per heavy atom. The Kier molecular flexibility index (Phi) is 6.05. The summed E-state index contributed by atoms with van der Waals surface area (Å²) in [6, 6.07) is 0. The number of halogens is 3. The van der Waals surface area contributed by atoms with Gasteiger partial charge in [0.2, 0.25) is 5.28 Å². The van der Waals surface area contributed by atoms with Crippen molar-refractivity contribution in [2.75, 3.05) is 6.54 Å². The second-order valence-corrected chi connectivity index (χ2v) is 5.83. The fourth-order valence-corrected chi connectivity index (χ4v) is 1.93. The lowest BCUT2D eigenvalue weighted by atomic mass is 10.2. The summed E-state index contributed by atoms with van der Waals surface area (Å²) in [5.41, 5.74) is -0.103.